The minimum absolute atomic E-state index is 0.0751. The normalized spacial score (nSPS) is 16.6. The highest BCUT2D eigenvalue weighted by Crippen LogP contribution is 2.30. The zero-order chi connectivity index (χ0) is 17.8. The summed E-state index contributed by atoms with van der Waals surface area (Å²) in [6.45, 7) is 1.17. The van der Waals surface area contributed by atoms with Crippen LogP contribution in [0, 0.1) is 0 Å². The van der Waals surface area contributed by atoms with Gasteiger partial charge >= 0.3 is 6.03 Å². The first-order valence-corrected chi connectivity index (χ1v) is 8.72. The van der Waals surface area contributed by atoms with E-state index in [9.17, 15) is 4.79 Å². The lowest BCUT2D eigenvalue weighted by Gasteiger charge is -2.23. The van der Waals surface area contributed by atoms with E-state index in [1.165, 1.54) is 0 Å². The number of nitrogens with one attached hydrogen (secondary N) is 2. The Balaban J connectivity index is 1.45. The fourth-order valence-corrected chi connectivity index (χ4v) is 3.22. The molecule has 7 heteroatoms. The molecule has 0 saturated carbocycles. The number of carbonyl (C=O) groups excluding carboxylic acids is 1. The van der Waals surface area contributed by atoms with E-state index >= 15 is 0 Å². The standard InChI is InChI=1S/C19H20N6O/c26-19(21-13-14-6-4-10-20-12-14)25-11-5-9-16(25)18-22-17(23-24-18)15-7-2-1-3-8-15/h1-4,6-8,10,12,16H,5,9,11,13H2,(H,21,26)(H,22,23,24). The van der Waals surface area contributed by atoms with Gasteiger partial charge in [-0.3, -0.25) is 10.1 Å². The maximum absolute atomic E-state index is 12.6. The van der Waals surface area contributed by atoms with Crippen LogP contribution in [-0.2, 0) is 6.54 Å². The van der Waals surface area contributed by atoms with Crippen LogP contribution in [0.3, 0.4) is 0 Å². The summed E-state index contributed by atoms with van der Waals surface area (Å²) < 4.78 is 0. The average molecular weight is 348 g/mol. The van der Waals surface area contributed by atoms with Crippen LogP contribution in [0.4, 0.5) is 4.79 Å². The van der Waals surface area contributed by atoms with Gasteiger partial charge in [0.15, 0.2) is 5.82 Å². The Kier molecular flexibility index (Phi) is 4.59. The van der Waals surface area contributed by atoms with Crippen molar-refractivity contribution in [1.29, 1.82) is 0 Å². The van der Waals surface area contributed by atoms with Crippen LogP contribution in [0.15, 0.2) is 54.9 Å². The van der Waals surface area contributed by atoms with Gasteiger partial charge in [0.2, 0.25) is 0 Å². The lowest BCUT2D eigenvalue weighted by molar-refractivity contribution is 0.190. The summed E-state index contributed by atoms with van der Waals surface area (Å²) in [5.74, 6) is 1.39. The summed E-state index contributed by atoms with van der Waals surface area (Å²) in [6.07, 6.45) is 5.30. The van der Waals surface area contributed by atoms with Gasteiger partial charge in [-0.2, -0.15) is 5.10 Å². The van der Waals surface area contributed by atoms with Crippen molar-refractivity contribution in [2.75, 3.05) is 6.54 Å². The smallest absolute Gasteiger partial charge is 0.318 e. The van der Waals surface area contributed by atoms with E-state index in [0.29, 0.717) is 18.9 Å². The number of aromatic nitrogens is 4. The summed E-state index contributed by atoms with van der Waals surface area (Å²) >= 11 is 0. The van der Waals surface area contributed by atoms with Crippen LogP contribution in [0.2, 0.25) is 0 Å². The van der Waals surface area contributed by atoms with Gasteiger partial charge in [0.05, 0.1) is 6.04 Å². The van der Waals surface area contributed by atoms with Crippen LogP contribution >= 0.6 is 0 Å². The monoisotopic (exact) mass is 348 g/mol. The molecule has 1 aliphatic rings. The minimum Gasteiger partial charge on any atom is -0.334 e. The Morgan fingerprint density at radius 2 is 2.12 bits per heavy atom. The molecule has 1 aliphatic heterocycles. The third-order valence-electron chi connectivity index (χ3n) is 4.53. The molecule has 0 bridgehead atoms. The number of H-pyrrole nitrogens is 1. The Hall–Kier alpha value is -3.22. The van der Waals surface area contributed by atoms with Crippen LogP contribution in [-0.4, -0.2) is 37.6 Å². The molecule has 2 N–H and O–H groups in total. The Morgan fingerprint density at radius 3 is 2.92 bits per heavy atom. The van der Waals surface area contributed by atoms with Gasteiger partial charge in [-0.05, 0) is 24.5 Å². The van der Waals surface area contributed by atoms with E-state index in [1.54, 1.807) is 12.4 Å². The van der Waals surface area contributed by atoms with Crippen LogP contribution in [0.1, 0.15) is 30.3 Å². The molecule has 1 atom stereocenters. The zero-order valence-corrected chi connectivity index (χ0v) is 14.3. The number of urea groups is 1. The largest absolute Gasteiger partial charge is 0.334 e. The second-order valence-corrected chi connectivity index (χ2v) is 6.28. The van der Waals surface area contributed by atoms with E-state index in [1.807, 2.05) is 47.4 Å². The van der Waals surface area contributed by atoms with Crippen molar-refractivity contribution in [1.82, 2.24) is 30.4 Å². The second-order valence-electron chi connectivity index (χ2n) is 6.28. The number of carbonyl (C=O) groups is 1. The lowest BCUT2D eigenvalue weighted by atomic mass is 10.2. The molecule has 0 aliphatic carbocycles. The number of benzene rings is 1. The number of amides is 2. The molecule has 3 aromatic rings. The molecular formula is C19H20N6O. The number of hydrogen-bond acceptors (Lipinski definition) is 4. The van der Waals surface area contributed by atoms with Gasteiger partial charge in [0.25, 0.3) is 0 Å². The highest BCUT2D eigenvalue weighted by atomic mass is 16.2. The maximum Gasteiger partial charge on any atom is 0.318 e. The van der Waals surface area contributed by atoms with Crippen molar-refractivity contribution in [2.45, 2.75) is 25.4 Å². The van der Waals surface area contributed by atoms with Crippen molar-refractivity contribution >= 4 is 6.03 Å². The van der Waals surface area contributed by atoms with E-state index < -0.39 is 0 Å². The van der Waals surface area contributed by atoms with Crippen molar-refractivity contribution in [2.24, 2.45) is 0 Å². The Bertz CT molecular complexity index is 864. The summed E-state index contributed by atoms with van der Waals surface area (Å²) in [6, 6.07) is 13.5. The minimum atomic E-state index is -0.0889. The fourth-order valence-electron chi connectivity index (χ4n) is 3.22. The average Bonchev–Trinajstić information content (AvgIpc) is 3.37. The second kappa shape index (κ2) is 7.35. The first-order chi connectivity index (χ1) is 12.8. The molecule has 0 spiro atoms. The molecule has 2 amide bonds. The molecule has 4 rings (SSSR count). The molecule has 3 heterocycles. The van der Waals surface area contributed by atoms with Gasteiger partial charge in [0.1, 0.15) is 5.82 Å². The van der Waals surface area contributed by atoms with Gasteiger partial charge in [0, 0.05) is 31.0 Å². The quantitative estimate of drug-likeness (QED) is 0.759. The highest BCUT2D eigenvalue weighted by Gasteiger charge is 2.32. The number of pyridine rings is 1. The van der Waals surface area contributed by atoms with Gasteiger partial charge in [-0.25, -0.2) is 9.78 Å². The molecule has 7 nitrogen and oxygen atoms in total. The molecule has 132 valence electrons. The molecule has 1 unspecified atom stereocenters. The summed E-state index contributed by atoms with van der Waals surface area (Å²) in [7, 11) is 0. The first kappa shape index (κ1) is 16.3. The summed E-state index contributed by atoms with van der Waals surface area (Å²) in [5.41, 5.74) is 1.93. The van der Waals surface area contributed by atoms with Crippen molar-refractivity contribution in [3.05, 3.63) is 66.2 Å². The Labute approximate surface area is 151 Å². The van der Waals surface area contributed by atoms with Crippen LogP contribution in [0.25, 0.3) is 11.4 Å². The topological polar surface area (TPSA) is 86.8 Å². The number of likely N-dealkylation sites (tertiary alicyclic amines) is 1. The van der Waals surface area contributed by atoms with E-state index in [0.717, 1.165) is 29.8 Å². The first-order valence-electron chi connectivity index (χ1n) is 8.72. The van der Waals surface area contributed by atoms with Gasteiger partial charge < -0.3 is 10.2 Å². The zero-order valence-electron chi connectivity index (χ0n) is 14.3. The molecule has 0 radical (unpaired) electrons. The SMILES string of the molecule is O=C(NCc1cccnc1)N1CCCC1c1nc(-c2ccccc2)n[nH]1. The van der Waals surface area contributed by atoms with Crippen molar-refractivity contribution in [3.8, 4) is 11.4 Å². The molecule has 1 saturated heterocycles. The van der Waals surface area contributed by atoms with Crippen LogP contribution < -0.4 is 5.32 Å². The van der Waals surface area contributed by atoms with E-state index in [2.05, 4.69) is 25.5 Å². The third kappa shape index (κ3) is 3.42. The van der Waals surface area contributed by atoms with E-state index in [-0.39, 0.29) is 12.1 Å². The highest BCUT2D eigenvalue weighted by molar-refractivity contribution is 5.75. The maximum atomic E-state index is 12.6. The third-order valence-corrected chi connectivity index (χ3v) is 4.53. The van der Waals surface area contributed by atoms with Crippen molar-refractivity contribution in [3.63, 3.8) is 0 Å². The fraction of sp³-hybridized carbons (Fsp3) is 0.263. The summed E-state index contributed by atoms with van der Waals surface area (Å²) in [4.78, 5) is 23.1. The van der Waals surface area contributed by atoms with Crippen molar-refractivity contribution < 1.29 is 4.79 Å². The molecule has 1 aromatic carbocycles. The number of nitrogens with zero attached hydrogens (tertiary/aromatic N) is 4. The number of rotatable bonds is 4. The summed E-state index contributed by atoms with van der Waals surface area (Å²) in [5, 5.41) is 10.3. The Morgan fingerprint density at radius 1 is 1.23 bits per heavy atom. The molecule has 2 aromatic heterocycles. The molecule has 26 heavy (non-hydrogen) atoms. The molecule has 1 fully saturated rings. The predicted octanol–water partition coefficient (Wildman–Crippen LogP) is 2.91. The number of aromatic amines is 1. The predicted molar refractivity (Wildman–Crippen MR) is 97.0 cm³/mol. The lowest BCUT2D eigenvalue weighted by Crippen LogP contribution is -2.39. The van der Waals surface area contributed by atoms with E-state index in [4.69, 9.17) is 0 Å². The number of hydrogen-bond donors (Lipinski definition) is 2. The van der Waals surface area contributed by atoms with Gasteiger partial charge in [-0.1, -0.05) is 36.4 Å². The van der Waals surface area contributed by atoms with Gasteiger partial charge in [-0.15, -0.1) is 0 Å². The van der Waals surface area contributed by atoms with Crippen LogP contribution in [0.5, 0.6) is 0 Å². The molecular weight excluding hydrogens is 328 g/mol.